The average molecular weight is 362 g/mol. The van der Waals surface area contributed by atoms with E-state index in [9.17, 15) is 0 Å². The molecule has 0 spiro atoms. The van der Waals surface area contributed by atoms with Crippen molar-refractivity contribution in [3.63, 3.8) is 0 Å². The Labute approximate surface area is 159 Å². The summed E-state index contributed by atoms with van der Waals surface area (Å²) in [6, 6.07) is 7.28. The first-order valence-corrected chi connectivity index (χ1v) is 10.4. The number of nitrogens with one attached hydrogen (secondary N) is 1. The number of aryl methyl sites for hydroxylation is 2. The van der Waals surface area contributed by atoms with Gasteiger partial charge in [-0.15, -0.1) is 0 Å². The van der Waals surface area contributed by atoms with Gasteiger partial charge in [0.15, 0.2) is 5.11 Å². The van der Waals surface area contributed by atoms with Crippen LogP contribution in [0.1, 0.15) is 57.6 Å². The van der Waals surface area contributed by atoms with Crippen molar-refractivity contribution in [2.45, 2.75) is 65.3 Å². The molecule has 1 aliphatic heterocycles. The molecule has 0 aromatic heterocycles. The number of anilines is 1. The van der Waals surface area contributed by atoms with Crippen LogP contribution in [0.2, 0.25) is 0 Å². The summed E-state index contributed by atoms with van der Waals surface area (Å²) in [4.78, 5) is 4.89. The molecular weight excluding hydrogens is 326 g/mol. The quantitative estimate of drug-likeness (QED) is 0.709. The predicted molar refractivity (Wildman–Crippen MR) is 114 cm³/mol. The molecule has 4 heteroatoms. The van der Waals surface area contributed by atoms with Crippen molar-refractivity contribution in [1.82, 2.24) is 9.80 Å². The van der Waals surface area contributed by atoms with Crippen LogP contribution in [-0.4, -0.2) is 47.6 Å². The van der Waals surface area contributed by atoms with Gasteiger partial charge >= 0.3 is 0 Å². The minimum absolute atomic E-state index is 0.708. The van der Waals surface area contributed by atoms with Crippen LogP contribution in [0.3, 0.4) is 0 Å². The average Bonchev–Trinajstić information content (AvgIpc) is 2.66. The number of hydrogen-bond donors (Lipinski definition) is 1. The number of benzene rings is 1. The molecule has 1 fully saturated rings. The zero-order valence-corrected chi connectivity index (χ0v) is 17.3. The van der Waals surface area contributed by atoms with Crippen molar-refractivity contribution in [1.29, 1.82) is 0 Å². The zero-order valence-electron chi connectivity index (χ0n) is 16.5. The van der Waals surface area contributed by atoms with E-state index in [2.05, 4.69) is 61.1 Å². The van der Waals surface area contributed by atoms with E-state index in [1.54, 1.807) is 0 Å². The van der Waals surface area contributed by atoms with Crippen LogP contribution in [-0.2, 0) is 12.8 Å². The maximum absolute atomic E-state index is 5.75. The number of rotatable bonds is 7. The summed E-state index contributed by atoms with van der Waals surface area (Å²) in [7, 11) is 2.28. The van der Waals surface area contributed by atoms with Crippen LogP contribution >= 0.6 is 12.2 Å². The van der Waals surface area contributed by atoms with Crippen molar-refractivity contribution in [3.05, 3.63) is 29.3 Å². The molecule has 1 aromatic carbocycles. The number of hydrogen-bond acceptors (Lipinski definition) is 2. The third-order valence-electron chi connectivity index (χ3n) is 5.47. The Bertz CT molecular complexity index is 528. The van der Waals surface area contributed by atoms with Gasteiger partial charge in [-0.05, 0) is 69.0 Å². The number of para-hydroxylation sites is 1. The fourth-order valence-corrected chi connectivity index (χ4v) is 3.97. The van der Waals surface area contributed by atoms with Crippen molar-refractivity contribution in [2.75, 3.05) is 32.0 Å². The van der Waals surface area contributed by atoms with Gasteiger partial charge in [-0.2, -0.15) is 0 Å². The van der Waals surface area contributed by atoms with E-state index >= 15 is 0 Å². The Morgan fingerprint density at radius 2 is 1.76 bits per heavy atom. The van der Waals surface area contributed by atoms with Crippen LogP contribution < -0.4 is 5.32 Å². The van der Waals surface area contributed by atoms with Gasteiger partial charge < -0.3 is 15.1 Å². The fraction of sp³-hybridized carbons (Fsp3) is 0.667. The minimum atomic E-state index is 0.708. The van der Waals surface area contributed by atoms with E-state index < -0.39 is 0 Å². The maximum atomic E-state index is 5.75. The molecule has 2 rings (SSSR count). The Morgan fingerprint density at radius 1 is 1.16 bits per heavy atom. The summed E-state index contributed by atoms with van der Waals surface area (Å²) in [5.74, 6) is 0. The summed E-state index contributed by atoms with van der Waals surface area (Å²) in [6.45, 7) is 10.0. The molecular formula is C21H35N3S. The highest BCUT2D eigenvalue weighted by atomic mass is 32.1. The molecule has 0 amide bonds. The van der Waals surface area contributed by atoms with E-state index in [4.69, 9.17) is 12.2 Å². The number of nitrogens with zero attached hydrogens (tertiary/aromatic N) is 2. The van der Waals surface area contributed by atoms with E-state index in [-0.39, 0.29) is 0 Å². The van der Waals surface area contributed by atoms with Crippen LogP contribution in [0.4, 0.5) is 5.69 Å². The lowest BCUT2D eigenvalue weighted by Crippen LogP contribution is -2.47. The summed E-state index contributed by atoms with van der Waals surface area (Å²) in [6.07, 6.45) is 7.04. The lowest BCUT2D eigenvalue weighted by atomic mass is 10.0. The normalized spacial score (nSPS) is 15.6. The topological polar surface area (TPSA) is 18.5 Å². The van der Waals surface area contributed by atoms with E-state index in [0.29, 0.717) is 6.04 Å². The molecule has 25 heavy (non-hydrogen) atoms. The third kappa shape index (κ3) is 5.42. The fourth-order valence-electron chi connectivity index (χ4n) is 3.69. The van der Waals surface area contributed by atoms with Gasteiger partial charge in [0.2, 0.25) is 0 Å². The van der Waals surface area contributed by atoms with Crippen LogP contribution in [0.15, 0.2) is 18.2 Å². The van der Waals surface area contributed by atoms with Gasteiger partial charge in [0.25, 0.3) is 0 Å². The highest BCUT2D eigenvalue weighted by molar-refractivity contribution is 7.80. The Balaban J connectivity index is 1.93. The van der Waals surface area contributed by atoms with E-state index in [1.165, 1.54) is 49.0 Å². The number of likely N-dealkylation sites (tertiary alicyclic amines) is 1. The molecule has 1 aliphatic rings. The van der Waals surface area contributed by atoms with Crippen molar-refractivity contribution in [3.8, 4) is 0 Å². The van der Waals surface area contributed by atoms with Gasteiger partial charge in [-0.25, -0.2) is 0 Å². The van der Waals surface area contributed by atoms with Crippen molar-refractivity contribution >= 4 is 23.0 Å². The Morgan fingerprint density at radius 3 is 2.28 bits per heavy atom. The lowest BCUT2D eigenvalue weighted by molar-refractivity contribution is 0.163. The second kappa shape index (κ2) is 10.1. The number of unbranched alkanes of at least 4 members (excludes halogenated alkanes) is 1. The molecule has 0 saturated carbocycles. The summed E-state index contributed by atoms with van der Waals surface area (Å²) in [5, 5.41) is 4.47. The highest BCUT2D eigenvalue weighted by Gasteiger charge is 2.24. The smallest absolute Gasteiger partial charge is 0.173 e. The lowest BCUT2D eigenvalue weighted by Gasteiger charge is -2.38. The number of thiocarbonyl (C=S) groups is 1. The monoisotopic (exact) mass is 361 g/mol. The van der Waals surface area contributed by atoms with Gasteiger partial charge in [0, 0.05) is 24.8 Å². The maximum Gasteiger partial charge on any atom is 0.173 e. The Kier molecular flexibility index (Phi) is 8.17. The van der Waals surface area contributed by atoms with E-state index in [0.717, 1.165) is 31.0 Å². The second-order valence-electron chi connectivity index (χ2n) is 7.14. The molecule has 0 unspecified atom stereocenters. The zero-order chi connectivity index (χ0) is 18.2. The number of piperidine rings is 1. The standard InChI is InChI=1S/C21H35N3S/c1-5-8-14-23(4)19-12-15-24(16-13-19)21(25)22-20-17(6-2)10-9-11-18(20)7-3/h9-11,19H,5-8,12-16H2,1-4H3,(H,22,25). The second-order valence-corrected chi connectivity index (χ2v) is 7.53. The molecule has 1 heterocycles. The SMILES string of the molecule is CCCCN(C)C1CCN(C(=S)Nc2c(CC)cccc2CC)CC1. The molecule has 0 bridgehead atoms. The first-order chi connectivity index (χ1) is 12.1. The molecule has 0 radical (unpaired) electrons. The first kappa shape index (κ1) is 20.2. The summed E-state index contributed by atoms with van der Waals surface area (Å²) >= 11 is 5.75. The van der Waals surface area contributed by atoms with Crippen LogP contribution in [0.25, 0.3) is 0 Å². The molecule has 0 atom stereocenters. The molecule has 1 saturated heterocycles. The van der Waals surface area contributed by atoms with Gasteiger partial charge in [0.05, 0.1) is 0 Å². The van der Waals surface area contributed by atoms with Gasteiger partial charge in [-0.1, -0.05) is 45.4 Å². The van der Waals surface area contributed by atoms with E-state index in [1.807, 2.05) is 0 Å². The molecule has 140 valence electrons. The Hall–Kier alpha value is -1.13. The highest BCUT2D eigenvalue weighted by Crippen LogP contribution is 2.24. The van der Waals surface area contributed by atoms with Gasteiger partial charge in [0.1, 0.15) is 0 Å². The molecule has 0 aliphatic carbocycles. The van der Waals surface area contributed by atoms with Crippen molar-refractivity contribution in [2.24, 2.45) is 0 Å². The summed E-state index contributed by atoms with van der Waals surface area (Å²) in [5.41, 5.74) is 3.95. The molecule has 1 aromatic rings. The molecule has 1 N–H and O–H groups in total. The molecule has 3 nitrogen and oxygen atoms in total. The first-order valence-electron chi connectivity index (χ1n) is 9.97. The van der Waals surface area contributed by atoms with Crippen LogP contribution in [0, 0.1) is 0 Å². The minimum Gasteiger partial charge on any atom is -0.349 e. The van der Waals surface area contributed by atoms with Gasteiger partial charge in [-0.3, -0.25) is 0 Å². The van der Waals surface area contributed by atoms with Crippen LogP contribution in [0.5, 0.6) is 0 Å². The largest absolute Gasteiger partial charge is 0.349 e. The third-order valence-corrected chi connectivity index (χ3v) is 5.83. The van der Waals surface area contributed by atoms with Crippen molar-refractivity contribution < 1.29 is 0 Å². The predicted octanol–water partition coefficient (Wildman–Crippen LogP) is 4.70. The summed E-state index contributed by atoms with van der Waals surface area (Å²) < 4.78 is 0.